The summed E-state index contributed by atoms with van der Waals surface area (Å²) in [7, 11) is 0. The Morgan fingerprint density at radius 2 is 1.76 bits per heavy atom. The Morgan fingerprint density at radius 3 is 2.45 bits per heavy atom. The zero-order chi connectivity index (χ0) is 20.4. The molecule has 0 unspecified atom stereocenters. The molecule has 5 nitrogen and oxygen atoms in total. The zero-order valence-electron chi connectivity index (χ0n) is 16.5. The molecular formula is C22H23FN4OS. The highest BCUT2D eigenvalue weighted by atomic mass is 32.2. The number of amides is 1. The summed E-state index contributed by atoms with van der Waals surface area (Å²) in [4.78, 5) is 14.7. The van der Waals surface area contributed by atoms with Gasteiger partial charge in [-0.2, -0.15) is 0 Å². The Balaban J connectivity index is 1.73. The van der Waals surface area contributed by atoms with Crippen molar-refractivity contribution in [3.05, 3.63) is 59.9 Å². The lowest BCUT2D eigenvalue weighted by Gasteiger charge is -2.20. The number of carbonyl (C=O) groups excluding carboxylic acids is 1. The van der Waals surface area contributed by atoms with Crippen LogP contribution in [0.2, 0.25) is 0 Å². The van der Waals surface area contributed by atoms with Crippen LogP contribution in [0.4, 0.5) is 4.39 Å². The minimum atomic E-state index is -0.356. The third kappa shape index (κ3) is 4.05. The minimum absolute atomic E-state index is 0.110. The van der Waals surface area contributed by atoms with Crippen LogP contribution in [-0.2, 0) is 4.79 Å². The number of thioether (sulfide) groups is 1. The van der Waals surface area contributed by atoms with Crippen LogP contribution < -0.4 is 0 Å². The summed E-state index contributed by atoms with van der Waals surface area (Å²) >= 11 is 1.36. The minimum Gasteiger partial charge on any atom is -0.342 e. The molecule has 0 aliphatic carbocycles. The van der Waals surface area contributed by atoms with Crippen LogP contribution >= 0.6 is 11.8 Å². The average Bonchev–Trinajstić information content (AvgIpc) is 3.39. The third-order valence-electron chi connectivity index (χ3n) is 5.09. The van der Waals surface area contributed by atoms with E-state index in [4.69, 9.17) is 0 Å². The van der Waals surface area contributed by atoms with Crippen molar-refractivity contribution >= 4 is 17.7 Å². The van der Waals surface area contributed by atoms with Crippen LogP contribution in [-0.4, -0.2) is 43.9 Å². The molecule has 0 N–H and O–H groups in total. The van der Waals surface area contributed by atoms with E-state index in [1.807, 2.05) is 47.6 Å². The molecule has 1 amide bonds. The van der Waals surface area contributed by atoms with E-state index in [1.165, 1.54) is 17.8 Å². The maximum Gasteiger partial charge on any atom is 0.235 e. The summed E-state index contributed by atoms with van der Waals surface area (Å²) in [5.41, 5.74) is 2.34. The van der Waals surface area contributed by atoms with Crippen LogP contribution in [0.25, 0.3) is 17.1 Å². The van der Waals surface area contributed by atoms with Gasteiger partial charge in [0.25, 0.3) is 0 Å². The number of halogens is 1. The van der Waals surface area contributed by atoms with Crippen LogP contribution in [0.5, 0.6) is 0 Å². The molecule has 150 valence electrons. The van der Waals surface area contributed by atoms with Gasteiger partial charge in [0.1, 0.15) is 5.82 Å². The van der Waals surface area contributed by atoms with Gasteiger partial charge in [0.05, 0.1) is 10.8 Å². The maximum absolute atomic E-state index is 14.5. The predicted octanol–water partition coefficient (Wildman–Crippen LogP) is 4.48. The molecule has 7 heteroatoms. The topological polar surface area (TPSA) is 51.0 Å². The number of nitrogens with zero attached hydrogens (tertiary/aromatic N) is 4. The molecule has 1 aliphatic heterocycles. The molecule has 1 saturated heterocycles. The lowest BCUT2D eigenvalue weighted by molar-refractivity contribution is -0.129. The Morgan fingerprint density at radius 1 is 1.07 bits per heavy atom. The van der Waals surface area contributed by atoms with Crippen molar-refractivity contribution in [3.8, 4) is 17.1 Å². The number of hydrogen-bond donors (Lipinski definition) is 0. The van der Waals surface area contributed by atoms with Gasteiger partial charge in [-0.3, -0.25) is 9.36 Å². The van der Waals surface area contributed by atoms with Crippen molar-refractivity contribution in [1.29, 1.82) is 0 Å². The third-order valence-corrected chi connectivity index (χ3v) is 6.12. The number of aromatic nitrogens is 3. The van der Waals surface area contributed by atoms with Crippen LogP contribution in [0.1, 0.15) is 25.3 Å². The molecule has 0 radical (unpaired) electrons. The first-order chi connectivity index (χ1) is 14.0. The van der Waals surface area contributed by atoms with E-state index < -0.39 is 0 Å². The highest BCUT2D eigenvalue weighted by molar-refractivity contribution is 8.00. The smallest absolute Gasteiger partial charge is 0.235 e. The molecule has 2 heterocycles. The summed E-state index contributed by atoms with van der Waals surface area (Å²) in [6, 6.07) is 14.4. The van der Waals surface area contributed by atoms with Crippen LogP contribution in [0.15, 0.2) is 53.7 Å². The average molecular weight is 411 g/mol. The highest BCUT2D eigenvalue weighted by Crippen LogP contribution is 2.32. The van der Waals surface area contributed by atoms with Crippen LogP contribution in [0.3, 0.4) is 0 Å². The lowest BCUT2D eigenvalue weighted by atomic mass is 10.2. The molecule has 2 aromatic carbocycles. The Labute approximate surface area is 173 Å². The number of benzene rings is 2. The fraction of sp³-hybridized carbons (Fsp3) is 0.318. The maximum atomic E-state index is 14.5. The molecule has 0 saturated carbocycles. The van der Waals surface area contributed by atoms with Gasteiger partial charge < -0.3 is 4.90 Å². The molecule has 0 bridgehead atoms. The second-order valence-electron chi connectivity index (χ2n) is 7.25. The van der Waals surface area contributed by atoms with Crippen molar-refractivity contribution in [1.82, 2.24) is 19.7 Å². The fourth-order valence-electron chi connectivity index (χ4n) is 3.49. The molecule has 4 rings (SSSR count). The van der Waals surface area contributed by atoms with Gasteiger partial charge in [0.2, 0.25) is 5.91 Å². The van der Waals surface area contributed by atoms with Crippen molar-refractivity contribution in [2.45, 2.75) is 37.1 Å². The Hall–Kier alpha value is -2.67. The van der Waals surface area contributed by atoms with Gasteiger partial charge in [-0.05, 0) is 51.0 Å². The molecular weight excluding hydrogens is 387 g/mol. The van der Waals surface area contributed by atoms with Crippen molar-refractivity contribution in [2.75, 3.05) is 13.1 Å². The van der Waals surface area contributed by atoms with Gasteiger partial charge in [-0.25, -0.2) is 4.39 Å². The normalized spacial score (nSPS) is 14.9. The van der Waals surface area contributed by atoms with Gasteiger partial charge in [-0.1, -0.05) is 41.6 Å². The Kier molecular flexibility index (Phi) is 5.67. The number of rotatable bonds is 5. The summed E-state index contributed by atoms with van der Waals surface area (Å²) in [5, 5.41) is 8.88. The summed E-state index contributed by atoms with van der Waals surface area (Å²) in [6.45, 7) is 5.53. The monoisotopic (exact) mass is 410 g/mol. The van der Waals surface area contributed by atoms with Gasteiger partial charge in [-0.15, -0.1) is 10.2 Å². The lowest BCUT2D eigenvalue weighted by Crippen LogP contribution is -2.34. The van der Waals surface area contributed by atoms with E-state index in [0.717, 1.165) is 37.2 Å². The van der Waals surface area contributed by atoms with E-state index in [1.54, 1.807) is 18.2 Å². The first-order valence-electron chi connectivity index (χ1n) is 9.77. The number of carbonyl (C=O) groups is 1. The predicted molar refractivity (Wildman–Crippen MR) is 113 cm³/mol. The summed E-state index contributed by atoms with van der Waals surface area (Å²) < 4.78 is 16.3. The second-order valence-corrected chi connectivity index (χ2v) is 8.56. The van der Waals surface area contributed by atoms with Crippen molar-refractivity contribution < 1.29 is 9.18 Å². The van der Waals surface area contributed by atoms with Crippen LogP contribution in [0, 0.1) is 12.7 Å². The Bertz CT molecular complexity index is 1010. The second kappa shape index (κ2) is 8.37. The molecule has 0 spiro atoms. The standard InChI is InChI=1S/C22H23FN4OS/c1-15-9-11-17(12-10-15)27-20(18-7-3-4-8-19(18)23)24-25-22(27)29-16(2)21(28)26-13-5-6-14-26/h3-4,7-12,16H,5-6,13-14H2,1-2H3/t16-/m1/s1. The van der Waals surface area contributed by atoms with Gasteiger partial charge in [0.15, 0.2) is 11.0 Å². The molecule has 29 heavy (non-hydrogen) atoms. The van der Waals surface area contributed by atoms with E-state index in [2.05, 4.69) is 10.2 Å². The first kappa shape index (κ1) is 19.6. The van der Waals surface area contributed by atoms with E-state index in [9.17, 15) is 9.18 Å². The number of likely N-dealkylation sites (tertiary alicyclic amines) is 1. The molecule has 1 aliphatic rings. The quantitative estimate of drug-likeness (QED) is 0.582. The number of hydrogen-bond acceptors (Lipinski definition) is 4. The van der Waals surface area contributed by atoms with E-state index >= 15 is 0 Å². The van der Waals surface area contributed by atoms with E-state index in [-0.39, 0.29) is 17.0 Å². The molecule has 3 aromatic rings. The largest absolute Gasteiger partial charge is 0.342 e. The SMILES string of the molecule is Cc1ccc(-n2c(S[C@H](C)C(=O)N3CCCC3)nnc2-c2ccccc2F)cc1. The van der Waals surface area contributed by atoms with Crippen molar-refractivity contribution in [3.63, 3.8) is 0 Å². The molecule has 1 fully saturated rings. The summed E-state index contributed by atoms with van der Waals surface area (Å²) in [5.74, 6) is 0.180. The molecule has 1 atom stereocenters. The van der Waals surface area contributed by atoms with Crippen molar-refractivity contribution in [2.24, 2.45) is 0 Å². The zero-order valence-corrected chi connectivity index (χ0v) is 17.3. The van der Waals surface area contributed by atoms with Gasteiger partial charge in [0, 0.05) is 18.8 Å². The summed E-state index contributed by atoms with van der Waals surface area (Å²) in [6.07, 6.45) is 2.11. The molecule has 1 aromatic heterocycles. The van der Waals surface area contributed by atoms with E-state index in [0.29, 0.717) is 16.5 Å². The fourth-order valence-corrected chi connectivity index (χ4v) is 4.44. The number of aryl methyl sites for hydroxylation is 1. The van der Waals surface area contributed by atoms with Gasteiger partial charge >= 0.3 is 0 Å². The highest BCUT2D eigenvalue weighted by Gasteiger charge is 2.27. The first-order valence-corrected chi connectivity index (χ1v) is 10.7.